The van der Waals surface area contributed by atoms with Gasteiger partial charge in [-0.15, -0.1) is 12.4 Å². The number of ether oxygens (including phenoxy) is 2. The molecule has 5 nitrogen and oxygen atoms in total. The molecule has 0 heterocycles. The number of rotatable bonds is 4. The Bertz CT molecular complexity index is 675. The molecule has 1 amide bonds. The summed E-state index contributed by atoms with van der Waals surface area (Å²) in [5.41, 5.74) is 14.3. The first-order valence-corrected chi connectivity index (χ1v) is 7.21. The third-order valence-corrected chi connectivity index (χ3v) is 3.28. The topological polar surface area (TPSA) is 87.6 Å². The van der Waals surface area contributed by atoms with Crippen LogP contribution < -0.4 is 20.9 Å². The molecule has 2 aromatic rings. The molecule has 0 fully saturated rings. The molecule has 4 N–H and O–H groups in total. The molecule has 0 saturated heterocycles. The number of amides is 1. The molecule has 132 valence electrons. The molecule has 0 bridgehead atoms. The Morgan fingerprint density at radius 1 is 0.958 bits per heavy atom. The van der Waals surface area contributed by atoms with Crippen LogP contribution in [0.15, 0.2) is 36.4 Å². The van der Waals surface area contributed by atoms with Crippen LogP contribution in [0.3, 0.4) is 0 Å². The fraction of sp³-hybridized carbons (Fsp3) is 0.278. The minimum atomic E-state index is -0.466. The van der Waals surface area contributed by atoms with Crippen LogP contribution in [0.4, 0.5) is 0 Å². The Morgan fingerprint density at radius 3 is 1.92 bits per heavy atom. The normalized spacial score (nSPS) is 9.21. The van der Waals surface area contributed by atoms with Gasteiger partial charge in [0.15, 0.2) is 0 Å². The molecule has 0 aliphatic carbocycles. The van der Waals surface area contributed by atoms with E-state index in [0.29, 0.717) is 17.9 Å². The summed E-state index contributed by atoms with van der Waals surface area (Å²) < 4.78 is 10.1. The predicted molar refractivity (Wildman–Crippen MR) is 99.1 cm³/mol. The average molecular weight is 353 g/mol. The summed E-state index contributed by atoms with van der Waals surface area (Å²) in [4.78, 5) is 10.8. The SMILES string of the molecule is COc1cc(C)ccc1C(N)=O.COc1cc(C)ccc1CN.Cl. The molecule has 0 aliphatic heterocycles. The lowest BCUT2D eigenvalue weighted by Gasteiger charge is -2.06. The van der Waals surface area contributed by atoms with Gasteiger partial charge in [-0.25, -0.2) is 0 Å². The fourth-order valence-corrected chi connectivity index (χ4v) is 2.02. The summed E-state index contributed by atoms with van der Waals surface area (Å²) in [6.07, 6.45) is 0. The second kappa shape index (κ2) is 10.5. The van der Waals surface area contributed by atoms with E-state index in [2.05, 4.69) is 0 Å². The minimum absolute atomic E-state index is 0. The van der Waals surface area contributed by atoms with Crippen molar-refractivity contribution in [3.8, 4) is 11.5 Å². The summed E-state index contributed by atoms with van der Waals surface area (Å²) >= 11 is 0. The minimum Gasteiger partial charge on any atom is -0.496 e. The highest BCUT2D eigenvalue weighted by atomic mass is 35.5. The molecule has 0 unspecified atom stereocenters. The van der Waals surface area contributed by atoms with Crippen molar-refractivity contribution in [3.63, 3.8) is 0 Å². The van der Waals surface area contributed by atoms with Gasteiger partial charge in [0.1, 0.15) is 11.5 Å². The second-order valence-electron chi connectivity index (χ2n) is 5.09. The maximum Gasteiger partial charge on any atom is 0.252 e. The van der Waals surface area contributed by atoms with E-state index in [1.165, 1.54) is 12.7 Å². The van der Waals surface area contributed by atoms with Gasteiger partial charge >= 0.3 is 0 Å². The Kier molecular flexibility index (Phi) is 9.54. The van der Waals surface area contributed by atoms with Crippen molar-refractivity contribution in [1.82, 2.24) is 0 Å². The van der Waals surface area contributed by atoms with Gasteiger partial charge in [0, 0.05) is 12.1 Å². The predicted octanol–water partition coefficient (Wildman–Crippen LogP) is 2.99. The first kappa shape index (κ1) is 21.8. The Morgan fingerprint density at radius 2 is 1.46 bits per heavy atom. The Hall–Kier alpha value is -2.24. The van der Waals surface area contributed by atoms with Gasteiger partial charge in [-0.05, 0) is 43.2 Å². The van der Waals surface area contributed by atoms with Crippen LogP contribution in [-0.2, 0) is 6.54 Å². The fourth-order valence-electron chi connectivity index (χ4n) is 2.02. The van der Waals surface area contributed by atoms with Crippen molar-refractivity contribution in [2.45, 2.75) is 20.4 Å². The molecule has 2 rings (SSSR count). The van der Waals surface area contributed by atoms with Crippen LogP contribution in [0, 0.1) is 13.8 Å². The highest BCUT2D eigenvalue weighted by Crippen LogP contribution is 2.19. The van der Waals surface area contributed by atoms with Crippen LogP contribution in [0.1, 0.15) is 27.0 Å². The van der Waals surface area contributed by atoms with E-state index in [-0.39, 0.29) is 12.4 Å². The number of hydrogen-bond donors (Lipinski definition) is 2. The Labute approximate surface area is 149 Å². The third-order valence-electron chi connectivity index (χ3n) is 3.28. The number of primary amides is 1. The number of carbonyl (C=O) groups excluding carboxylic acids is 1. The first-order chi connectivity index (χ1) is 10.9. The van der Waals surface area contributed by atoms with Crippen molar-refractivity contribution < 1.29 is 14.3 Å². The van der Waals surface area contributed by atoms with Gasteiger partial charge in [0.05, 0.1) is 19.8 Å². The number of nitrogens with two attached hydrogens (primary N) is 2. The molecular formula is C18H25ClN2O3. The lowest BCUT2D eigenvalue weighted by atomic mass is 10.1. The van der Waals surface area contributed by atoms with Crippen LogP contribution >= 0.6 is 12.4 Å². The average Bonchev–Trinajstić information content (AvgIpc) is 2.54. The van der Waals surface area contributed by atoms with E-state index in [0.717, 1.165) is 16.9 Å². The molecule has 0 aromatic heterocycles. The van der Waals surface area contributed by atoms with Crippen molar-refractivity contribution in [2.24, 2.45) is 11.5 Å². The number of benzene rings is 2. The number of methoxy groups -OCH3 is 2. The highest BCUT2D eigenvalue weighted by Gasteiger charge is 2.07. The van der Waals surface area contributed by atoms with Crippen LogP contribution in [0.25, 0.3) is 0 Å². The van der Waals surface area contributed by atoms with Crippen molar-refractivity contribution in [2.75, 3.05) is 14.2 Å². The van der Waals surface area contributed by atoms with Gasteiger partial charge in [-0.3, -0.25) is 4.79 Å². The molecule has 0 radical (unpaired) electrons. The zero-order valence-corrected chi connectivity index (χ0v) is 15.3. The lowest BCUT2D eigenvalue weighted by molar-refractivity contribution is 0.0997. The number of aryl methyl sites for hydroxylation is 2. The van der Waals surface area contributed by atoms with E-state index in [4.69, 9.17) is 20.9 Å². The number of carbonyl (C=O) groups is 1. The van der Waals surface area contributed by atoms with Crippen molar-refractivity contribution in [3.05, 3.63) is 58.7 Å². The molecule has 0 spiro atoms. The molecule has 0 aliphatic rings. The highest BCUT2D eigenvalue weighted by molar-refractivity contribution is 5.95. The van der Waals surface area contributed by atoms with Gasteiger partial charge in [-0.2, -0.15) is 0 Å². The molecular weight excluding hydrogens is 328 g/mol. The van der Waals surface area contributed by atoms with Crippen molar-refractivity contribution in [1.29, 1.82) is 0 Å². The van der Waals surface area contributed by atoms with E-state index in [1.54, 1.807) is 19.2 Å². The third kappa shape index (κ3) is 6.10. The summed E-state index contributed by atoms with van der Waals surface area (Å²) in [5, 5.41) is 0. The summed E-state index contributed by atoms with van der Waals surface area (Å²) in [6.45, 7) is 4.49. The van der Waals surface area contributed by atoms with Crippen LogP contribution in [0.2, 0.25) is 0 Å². The van der Waals surface area contributed by atoms with Gasteiger partial charge in [-0.1, -0.05) is 18.2 Å². The lowest BCUT2D eigenvalue weighted by Crippen LogP contribution is -2.12. The van der Waals surface area contributed by atoms with E-state index < -0.39 is 5.91 Å². The Balaban J connectivity index is 0.000000425. The van der Waals surface area contributed by atoms with E-state index >= 15 is 0 Å². The standard InChI is InChI=1S/C9H11NO2.C9H13NO.ClH/c1-6-3-4-7(9(10)11)8(5-6)12-2;1-7-3-4-8(6-10)9(5-7)11-2;/h3-5H,1-2H3,(H2,10,11);3-5H,6,10H2,1-2H3;1H. The van der Waals surface area contributed by atoms with Gasteiger partial charge in [0.25, 0.3) is 5.91 Å². The summed E-state index contributed by atoms with van der Waals surface area (Å²) in [5.74, 6) is 0.946. The van der Waals surface area contributed by atoms with Crippen LogP contribution in [0.5, 0.6) is 11.5 Å². The molecule has 24 heavy (non-hydrogen) atoms. The van der Waals surface area contributed by atoms with E-state index in [1.807, 2.05) is 38.1 Å². The molecule has 2 aromatic carbocycles. The molecule has 0 saturated carbocycles. The smallest absolute Gasteiger partial charge is 0.252 e. The van der Waals surface area contributed by atoms with Crippen LogP contribution in [-0.4, -0.2) is 20.1 Å². The number of halogens is 1. The first-order valence-electron chi connectivity index (χ1n) is 7.21. The molecule has 0 atom stereocenters. The maximum atomic E-state index is 10.8. The van der Waals surface area contributed by atoms with Gasteiger partial charge in [0.2, 0.25) is 0 Å². The largest absolute Gasteiger partial charge is 0.496 e. The zero-order valence-electron chi connectivity index (χ0n) is 14.5. The quantitative estimate of drug-likeness (QED) is 0.885. The molecule has 6 heteroatoms. The zero-order chi connectivity index (χ0) is 17.4. The van der Waals surface area contributed by atoms with E-state index in [9.17, 15) is 4.79 Å². The monoisotopic (exact) mass is 352 g/mol. The number of hydrogen-bond acceptors (Lipinski definition) is 4. The second-order valence-corrected chi connectivity index (χ2v) is 5.09. The van der Waals surface area contributed by atoms with Crippen molar-refractivity contribution >= 4 is 18.3 Å². The summed E-state index contributed by atoms with van der Waals surface area (Å²) in [7, 11) is 3.18. The summed E-state index contributed by atoms with van der Waals surface area (Å²) in [6, 6.07) is 11.3. The van der Waals surface area contributed by atoms with Gasteiger partial charge < -0.3 is 20.9 Å². The maximum absolute atomic E-state index is 10.8.